The number of amides is 3. The Balaban J connectivity index is 0.000000433. The largest absolute Gasteiger partial charge is 0.481 e. The molecule has 21 heteroatoms. The third-order valence-electron chi connectivity index (χ3n) is 18.4. The van der Waals surface area contributed by atoms with Crippen molar-refractivity contribution in [1.82, 2.24) is 16.0 Å². The molecular formula is C72H114I2N4O15. The number of terminal acetylenes is 1. The predicted octanol–water partition coefficient (Wildman–Crippen LogP) is 10.1. The van der Waals surface area contributed by atoms with Gasteiger partial charge in [-0.1, -0.05) is 161 Å². The Labute approximate surface area is 584 Å². The van der Waals surface area contributed by atoms with Gasteiger partial charge < -0.3 is 65.4 Å². The van der Waals surface area contributed by atoms with Gasteiger partial charge in [-0.3, -0.25) is 28.8 Å². The molecule has 0 aromatic carbocycles. The summed E-state index contributed by atoms with van der Waals surface area (Å²) in [6.07, 6.45) is 31.2. The highest BCUT2D eigenvalue weighted by molar-refractivity contribution is 14.1. The fourth-order valence-electron chi connectivity index (χ4n) is 12.8. The molecule has 8 fully saturated rings. The highest BCUT2D eigenvalue weighted by Gasteiger charge is 2.59. The minimum absolute atomic E-state index is 0. The van der Waals surface area contributed by atoms with Crippen LogP contribution in [0.3, 0.4) is 0 Å². The first-order valence-corrected chi connectivity index (χ1v) is 35.8. The molecule has 2 aliphatic carbocycles. The highest BCUT2D eigenvalue weighted by atomic mass is 127. The molecule has 19 nitrogen and oxygen atoms in total. The van der Waals surface area contributed by atoms with Gasteiger partial charge in [0.25, 0.3) is 0 Å². The fraction of sp³-hybridized carbons (Fsp3) is 0.722. The average molecular weight is 1530 g/mol. The Bertz CT molecular complexity index is 2660. The van der Waals surface area contributed by atoms with E-state index in [1.54, 1.807) is 34.7 Å². The topological polar surface area (TPSA) is 287 Å². The van der Waals surface area contributed by atoms with Crippen molar-refractivity contribution in [3.63, 3.8) is 0 Å². The minimum Gasteiger partial charge on any atom is -0.481 e. The quantitative estimate of drug-likeness (QED) is 0.0112. The van der Waals surface area contributed by atoms with E-state index < -0.39 is 41.6 Å². The van der Waals surface area contributed by atoms with Crippen molar-refractivity contribution >= 4 is 80.4 Å². The first-order chi connectivity index (χ1) is 43.5. The Morgan fingerprint density at radius 3 is 1.33 bits per heavy atom. The number of ketones is 2. The molecule has 8 aliphatic rings. The van der Waals surface area contributed by atoms with E-state index in [0.29, 0.717) is 85.8 Å². The molecule has 93 heavy (non-hydrogen) atoms. The van der Waals surface area contributed by atoms with Crippen LogP contribution in [0.15, 0.2) is 71.9 Å². The molecule has 0 aromatic heterocycles. The number of nitrogens with one attached hydrogen (secondary N) is 3. The number of carbonyl (C=O) groups excluding carboxylic acids is 5. The summed E-state index contributed by atoms with van der Waals surface area (Å²) >= 11 is 3.83. The fourth-order valence-corrected chi connectivity index (χ4v) is 13.1. The molecule has 0 aromatic rings. The maximum absolute atomic E-state index is 12.9. The molecule has 526 valence electrons. The van der Waals surface area contributed by atoms with E-state index in [1.807, 2.05) is 91.8 Å². The normalized spacial score (nSPS) is 35.4. The number of epoxide rings is 2. The van der Waals surface area contributed by atoms with Crippen LogP contribution in [0.25, 0.3) is 0 Å². The van der Waals surface area contributed by atoms with Crippen LogP contribution in [0.1, 0.15) is 175 Å². The van der Waals surface area contributed by atoms with E-state index in [-0.39, 0.29) is 115 Å². The van der Waals surface area contributed by atoms with Crippen molar-refractivity contribution in [1.29, 1.82) is 0 Å². The van der Waals surface area contributed by atoms with Crippen LogP contribution in [-0.4, -0.2) is 169 Å². The van der Waals surface area contributed by atoms with Crippen LogP contribution in [0.4, 0.5) is 0 Å². The number of hydrogen-bond acceptors (Lipinski definition) is 15. The van der Waals surface area contributed by atoms with Crippen LogP contribution in [0, 0.1) is 48.3 Å². The van der Waals surface area contributed by atoms with Gasteiger partial charge in [0.2, 0.25) is 17.7 Å². The molecule has 0 bridgehead atoms. The lowest BCUT2D eigenvalue weighted by molar-refractivity contribution is -0.145. The van der Waals surface area contributed by atoms with E-state index in [1.165, 1.54) is 6.40 Å². The lowest BCUT2D eigenvalue weighted by atomic mass is 9.76. The van der Waals surface area contributed by atoms with E-state index >= 15 is 0 Å². The number of halogens is 2. The summed E-state index contributed by atoms with van der Waals surface area (Å²) in [5.41, 5.74) is 6.74. The molecule has 16 atom stereocenters. The van der Waals surface area contributed by atoms with Crippen molar-refractivity contribution in [2.24, 2.45) is 41.2 Å². The van der Waals surface area contributed by atoms with Crippen molar-refractivity contribution in [2.45, 2.75) is 270 Å². The number of hydrogen-bond donors (Lipinski definition) is 7. The number of carboxylic acid groups (broad SMARTS) is 1. The van der Waals surface area contributed by atoms with Gasteiger partial charge in [-0.15, -0.1) is 12.8 Å². The molecule has 6 heterocycles. The second-order valence-electron chi connectivity index (χ2n) is 27.4. The van der Waals surface area contributed by atoms with Gasteiger partial charge in [0.15, 0.2) is 0 Å². The molecule has 2 saturated carbocycles. The zero-order chi connectivity index (χ0) is 68.0. The number of aliphatic hydroxyl groups is 2. The molecule has 8 rings (SSSR count). The van der Waals surface area contributed by atoms with Crippen LogP contribution in [-0.2, 0) is 57.2 Å². The molecule has 2 spiro atoms. The van der Waals surface area contributed by atoms with Gasteiger partial charge >= 0.3 is 5.97 Å². The first-order valence-electron chi connectivity index (χ1n) is 33.2. The average Bonchev–Trinajstić information content (AvgIpc) is 1.61. The van der Waals surface area contributed by atoms with Crippen molar-refractivity contribution in [3.8, 4) is 12.8 Å². The number of carboxylic acids is 1. The summed E-state index contributed by atoms with van der Waals surface area (Å²) in [7, 11) is 0. The third-order valence-corrected chi connectivity index (χ3v) is 19.8. The lowest BCUT2D eigenvalue weighted by Crippen LogP contribution is -2.50. The molecule has 6 saturated heterocycles. The van der Waals surface area contributed by atoms with Gasteiger partial charge in [-0.25, -0.2) is 0 Å². The number of alkyl halides is 2. The monoisotopic (exact) mass is 1530 g/mol. The second kappa shape index (κ2) is 40.3. The highest BCUT2D eigenvalue weighted by Crippen LogP contribution is 2.45. The number of rotatable bonds is 25. The second-order valence-corrected chi connectivity index (χ2v) is 28.9. The Kier molecular flexibility index (Phi) is 35.4. The van der Waals surface area contributed by atoms with Gasteiger partial charge in [0.1, 0.15) is 48.6 Å². The van der Waals surface area contributed by atoms with Gasteiger partial charge in [0.05, 0.1) is 70.8 Å². The third kappa shape index (κ3) is 27.6. The summed E-state index contributed by atoms with van der Waals surface area (Å²) < 4.78 is 42.8. The van der Waals surface area contributed by atoms with Crippen LogP contribution in [0.2, 0.25) is 0 Å². The summed E-state index contributed by atoms with van der Waals surface area (Å²) in [6, 6.07) is 0.401. The molecular weight excluding hydrogens is 1410 g/mol. The van der Waals surface area contributed by atoms with E-state index in [4.69, 9.17) is 40.6 Å². The number of ether oxygens (including phenoxy) is 6. The Morgan fingerprint density at radius 2 is 1.00 bits per heavy atom. The Hall–Kier alpha value is -3.68. The smallest absolute Gasteiger partial charge is 0.313 e. The summed E-state index contributed by atoms with van der Waals surface area (Å²) in [5, 5.41) is 38.8. The number of Topliss-reactive ketones (excluding diaryl/α,β-unsaturated/α-hetero) is 2. The van der Waals surface area contributed by atoms with Gasteiger partial charge in [0, 0.05) is 50.6 Å². The minimum atomic E-state index is -0.781. The van der Waals surface area contributed by atoms with Crippen molar-refractivity contribution in [2.75, 3.05) is 22.1 Å². The number of carbonyl (C=O) groups is 6. The van der Waals surface area contributed by atoms with E-state index in [9.17, 15) is 39.0 Å². The van der Waals surface area contributed by atoms with Gasteiger partial charge in [-0.2, -0.15) is 0 Å². The number of aliphatic hydroxyl groups excluding tert-OH is 2. The maximum atomic E-state index is 12.9. The van der Waals surface area contributed by atoms with E-state index in [2.05, 4.69) is 71.0 Å². The first kappa shape index (κ1) is 81.7. The SMILES string of the molecule is C.C.CC(/C=C/[C@H]1O[C@H](CC(=O)CC2CC(N)C2)C[C@@]2(CO2)[C@@H]1O)=C\C[C@@H]1O[C@H](C)[C@H](NC(=O)/C=C\C(C)C)C[C@@H]1C.CC(/C=C/[C@H]1O[C@H](CC(=O)CC2CC(NC(=O)CI)C2)C[C@@]2(CO2)[C@@H]1O)=C\C[C@@H]1O[C@H](C)[C@H](NC(=O)/C=C\C(C)C)C[C@@H]1C.O=C(O)CI.[2H]C#C. The Morgan fingerprint density at radius 1 is 0.624 bits per heavy atom. The standard InChI is InChI=1S/C34H51IN2O7.C32H50N2O6.C2H3IO2.C2H2.2CH4/c1-20(2)6-11-31(39)37-28-12-22(4)29(43-23(28)5)9-7-21(3)8-10-30-33(41)34(19-42-34)17-27(44-30)16-26(38)15-24-13-25(14-24)36-32(40)18-35;1-19(2)6-11-30(36)34-27-12-21(4)28(39-22(27)5)9-7-20(3)8-10-29-31(37)32(18-38-32)17-26(40-29)16-25(35)15-23-13-24(33)14-23;3-1-2(4)5;1-2;;/h6-8,10-11,20,22-25,27-30,33,41H,9,12-19H2,1-5H3,(H,36,40)(H,37,39);6-8,10-11,19,21-24,26-29,31,37H,9,12-18,33H2,1-5H3,(H,34,36);1H2,(H,4,5);1-2H;2*1H4/b10-8+,11-6-,21-7+;10-8+,11-6-,20-7+;;;;/t22-,23+,24?,25?,27+,28+,29-,30+,33+,34+;21-,22+,23?,24?,26+,27+,28-,29+,31+,32+;;;;/m00..../s1/i;;;1D;;. The van der Waals surface area contributed by atoms with Crippen LogP contribution in [0.5, 0.6) is 0 Å². The zero-order valence-electron chi connectivity index (χ0n) is 56.2. The number of nitrogens with two attached hydrogens (primary N) is 1. The number of aliphatic carboxylic acids is 1. The zero-order valence-corrected chi connectivity index (χ0v) is 59.5. The molecule has 6 aliphatic heterocycles. The van der Waals surface area contributed by atoms with E-state index in [0.717, 1.165) is 62.5 Å². The van der Waals surface area contributed by atoms with Crippen molar-refractivity contribution in [3.05, 3.63) is 71.9 Å². The summed E-state index contributed by atoms with van der Waals surface area (Å²) in [6.45, 7) is 21.6. The van der Waals surface area contributed by atoms with Gasteiger partial charge in [-0.05, 0) is 127 Å². The molecule has 0 radical (unpaired) electrons. The molecule has 0 unspecified atom stereocenters. The summed E-state index contributed by atoms with van der Waals surface area (Å²) in [5.74, 6) is 1.47. The number of allylic oxidation sites excluding steroid dienone is 6. The molecule has 8 N–H and O–H groups in total. The summed E-state index contributed by atoms with van der Waals surface area (Å²) in [4.78, 5) is 70.9. The van der Waals surface area contributed by atoms with Crippen molar-refractivity contribution < 1.29 is 73.9 Å². The lowest BCUT2D eigenvalue weighted by Gasteiger charge is -2.39. The molecule has 3 amide bonds. The maximum Gasteiger partial charge on any atom is 0.313 e. The predicted molar refractivity (Wildman–Crippen MR) is 382 cm³/mol. The van der Waals surface area contributed by atoms with Crippen LogP contribution < -0.4 is 21.7 Å². The van der Waals surface area contributed by atoms with Crippen LogP contribution >= 0.6 is 45.2 Å².